The second-order valence-corrected chi connectivity index (χ2v) is 6.77. The minimum Gasteiger partial charge on any atom is -0.344 e. The molecular weight excluding hydrogens is 310 g/mol. The van der Waals surface area contributed by atoms with Crippen LogP contribution in [0.25, 0.3) is 10.4 Å². The van der Waals surface area contributed by atoms with Gasteiger partial charge in [-0.05, 0) is 25.3 Å². The maximum Gasteiger partial charge on any atom is 0.248 e. The smallest absolute Gasteiger partial charge is 0.248 e. The molecule has 0 unspecified atom stereocenters. The highest BCUT2D eigenvalue weighted by molar-refractivity contribution is 7.19. The monoisotopic (exact) mass is 329 g/mol. The Balaban J connectivity index is 1.57. The van der Waals surface area contributed by atoms with Crippen LogP contribution in [-0.4, -0.2) is 22.8 Å². The van der Waals surface area contributed by atoms with Gasteiger partial charge in [-0.2, -0.15) is 0 Å². The van der Waals surface area contributed by atoms with Crippen molar-refractivity contribution in [1.82, 2.24) is 10.3 Å². The van der Waals surface area contributed by atoms with Crippen LogP contribution >= 0.6 is 11.3 Å². The van der Waals surface area contributed by atoms with Crippen molar-refractivity contribution < 1.29 is 9.59 Å². The maximum absolute atomic E-state index is 12.2. The Morgan fingerprint density at radius 2 is 2.00 bits per heavy atom. The molecule has 3 rings (SSSR count). The molecule has 1 saturated carbocycles. The number of nitrogens with zero attached hydrogens (tertiary/aromatic N) is 1. The molecule has 1 fully saturated rings. The summed E-state index contributed by atoms with van der Waals surface area (Å²) >= 11 is 1.42. The number of carbonyl (C=O) groups is 2. The molecule has 1 aliphatic rings. The molecule has 0 spiro atoms. The van der Waals surface area contributed by atoms with Crippen LogP contribution in [0.4, 0.5) is 5.13 Å². The maximum atomic E-state index is 12.2. The average molecular weight is 329 g/mol. The number of hydrogen-bond acceptors (Lipinski definition) is 4. The fourth-order valence-electron chi connectivity index (χ4n) is 2.35. The summed E-state index contributed by atoms with van der Waals surface area (Å²) in [6.45, 7) is 1.69. The molecule has 1 atom stereocenters. The van der Waals surface area contributed by atoms with Crippen molar-refractivity contribution in [3.63, 3.8) is 0 Å². The Bertz CT molecular complexity index is 695. The third-order valence-corrected chi connectivity index (χ3v) is 4.98. The SMILES string of the molecule is C[C@@H](NC(=O)C1CCC1)C(=O)Nc1ncc(-c2ccccc2)s1. The van der Waals surface area contributed by atoms with Crippen LogP contribution in [-0.2, 0) is 9.59 Å². The fourth-order valence-corrected chi connectivity index (χ4v) is 3.17. The first kappa shape index (κ1) is 15.7. The Morgan fingerprint density at radius 3 is 2.65 bits per heavy atom. The van der Waals surface area contributed by atoms with Gasteiger partial charge in [0.1, 0.15) is 6.04 Å². The van der Waals surface area contributed by atoms with E-state index in [1.165, 1.54) is 11.3 Å². The Morgan fingerprint density at radius 1 is 1.26 bits per heavy atom. The molecule has 2 amide bonds. The Kier molecular flexibility index (Phi) is 4.71. The highest BCUT2D eigenvalue weighted by Gasteiger charge is 2.27. The molecule has 0 aliphatic heterocycles. The van der Waals surface area contributed by atoms with Gasteiger partial charge in [-0.1, -0.05) is 48.1 Å². The van der Waals surface area contributed by atoms with Gasteiger partial charge >= 0.3 is 0 Å². The van der Waals surface area contributed by atoms with Gasteiger partial charge in [0.2, 0.25) is 11.8 Å². The summed E-state index contributed by atoms with van der Waals surface area (Å²) in [5.41, 5.74) is 1.07. The normalized spacial score (nSPS) is 15.5. The minimum atomic E-state index is -0.563. The molecule has 0 bridgehead atoms. The van der Waals surface area contributed by atoms with Gasteiger partial charge in [0, 0.05) is 12.1 Å². The summed E-state index contributed by atoms with van der Waals surface area (Å²) in [5.74, 6) is -0.190. The van der Waals surface area contributed by atoms with E-state index in [9.17, 15) is 9.59 Å². The molecule has 6 heteroatoms. The summed E-state index contributed by atoms with van der Waals surface area (Å²) in [5, 5.41) is 6.07. The van der Waals surface area contributed by atoms with Crippen molar-refractivity contribution >= 4 is 28.3 Å². The quantitative estimate of drug-likeness (QED) is 0.885. The number of amides is 2. The number of thiazole rings is 1. The van der Waals surface area contributed by atoms with Crippen molar-refractivity contribution in [3.8, 4) is 10.4 Å². The molecule has 0 saturated heterocycles. The van der Waals surface area contributed by atoms with Crippen molar-refractivity contribution in [2.24, 2.45) is 5.92 Å². The van der Waals surface area contributed by atoms with Crippen LogP contribution in [0.2, 0.25) is 0 Å². The lowest BCUT2D eigenvalue weighted by atomic mass is 9.84. The van der Waals surface area contributed by atoms with E-state index in [1.807, 2.05) is 30.3 Å². The molecule has 1 aromatic carbocycles. The van der Waals surface area contributed by atoms with Crippen LogP contribution in [0.5, 0.6) is 0 Å². The standard InChI is InChI=1S/C17H19N3O2S/c1-11(19-16(22)13-8-5-9-13)15(21)20-17-18-10-14(23-17)12-6-3-2-4-7-12/h2-4,6-7,10-11,13H,5,8-9H2,1H3,(H,19,22)(H,18,20,21)/t11-/m1/s1. The number of benzene rings is 1. The lowest BCUT2D eigenvalue weighted by molar-refractivity contribution is -0.130. The first-order valence-electron chi connectivity index (χ1n) is 7.76. The fraction of sp³-hybridized carbons (Fsp3) is 0.353. The van der Waals surface area contributed by atoms with Gasteiger partial charge in [-0.3, -0.25) is 9.59 Å². The van der Waals surface area contributed by atoms with Gasteiger partial charge in [0.15, 0.2) is 5.13 Å². The van der Waals surface area contributed by atoms with Crippen molar-refractivity contribution in [2.75, 3.05) is 5.32 Å². The first-order chi connectivity index (χ1) is 11.1. The van der Waals surface area contributed by atoms with E-state index < -0.39 is 6.04 Å². The minimum absolute atomic E-state index is 0.0250. The second kappa shape index (κ2) is 6.91. The summed E-state index contributed by atoms with van der Waals surface area (Å²) in [4.78, 5) is 29.3. The summed E-state index contributed by atoms with van der Waals surface area (Å²) in [7, 11) is 0. The van der Waals surface area contributed by atoms with E-state index in [1.54, 1.807) is 13.1 Å². The third kappa shape index (κ3) is 3.76. The highest BCUT2D eigenvalue weighted by atomic mass is 32.1. The molecule has 5 nitrogen and oxygen atoms in total. The highest BCUT2D eigenvalue weighted by Crippen LogP contribution is 2.29. The summed E-state index contributed by atoms with van der Waals surface area (Å²) in [6.07, 6.45) is 4.69. The largest absolute Gasteiger partial charge is 0.344 e. The molecule has 23 heavy (non-hydrogen) atoms. The van der Waals surface area contributed by atoms with Crippen LogP contribution in [0.3, 0.4) is 0 Å². The number of aromatic nitrogens is 1. The molecule has 2 aromatic rings. The van der Waals surface area contributed by atoms with Crippen molar-refractivity contribution in [2.45, 2.75) is 32.2 Å². The summed E-state index contributed by atoms with van der Waals surface area (Å²) < 4.78 is 0. The average Bonchev–Trinajstić information content (AvgIpc) is 2.94. The zero-order chi connectivity index (χ0) is 16.2. The summed E-state index contributed by atoms with van der Waals surface area (Å²) in [6, 6.07) is 9.32. The van der Waals surface area contributed by atoms with E-state index in [0.29, 0.717) is 5.13 Å². The molecule has 0 radical (unpaired) electrons. The number of nitrogens with one attached hydrogen (secondary N) is 2. The van der Waals surface area contributed by atoms with Gasteiger partial charge in [0.05, 0.1) is 4.88 Å². The number of anilines is 1. The zero-order valence-corrected chi connectivity index (χ0v) is 13.7. The van der Waals surface area contributed by atoms with E-state index in [-0.39, 0.29) is 17.7 Å². The Labute approximate surface area is 139 Å². The molecule has 1 aliphatic carbocycles. The molecule has 1 aromatic heterocycles. The van der Waals surface area contributed by atoms with Gasteiger partial charge in [-0.25, -0.2) is 4.98 Å². The lowest BCUT2D eigenvalue weighted by Gasteiger charge is -2.25. The molecule has 1 heterocycles. The van der Waals surface area contributed by atoms with E-state index in [2.05, 4.69) is 15.6 Å². The van der Waals surface area contributed by atoms with Gasteiger partial charge < -0.3 is 10.6 Å². The molecular formula is C17H19N3O2S. The van der Waals surface area contributed by atoms with Crippen molar-refractivity contribution in [3.05, 3.63) is 36.5 Å². The topological polar surface area (TPSA) is 71.1 Å². The van der Waals surface area contributed by atoms with E-state index in [0.717, 1.165) is 29.7 Å². The van der Waals surface area contributed by atoms with Crippen LogP contribution in [0.15, 0.2) is 36.5 Å². The van der Waals surface area contributed by atoms with E-state index >= 15 is 0 Å². The first-order valence-corrected chi connectivity index (χ1v) is 8.57. The van der Waals surface area contributed by atoms with Crippen LogP contribution < -0.4 is 10.6 Å². The number of rotatable bonds is 5. The predicted molar refractivity (Wildman–Crippen MR) is 91.1 cm³/mol. The Hall–Kier alpha value is -2.21. The number of hydrogen-bond donors (Lipinski definition) is 2. The van der Waals surface area contributed by atoms with Crippen molar-refractivity contribution in [1.29, 1.82) is 0 Å². The number of carbonyl (C=O) groups excluding carboxylic acids is 2. The lowest BCUT2D eigenvalue weighted by Crippen LogP contribution is -2.45. The molecule has 2 N–H and O–H groups in total. The van der Waals surface area contributed by atoms with Crippen LogP contribution in [0.1, 0.15) is 26.2 Å². The molecule has 120 valence electrons. The predicted octanol–water partition coefficient (Wildman–Crippen LogP) is 3.05. The van der Waals surface area contributed by atoms with Gasteiger partial charge in [-0.15, -0.1) is 0 Å². The van der Waals surface area contributed by atoms with Gasteiger partial charge in [0.25, 0.3) is 0 Å². The van der Waals surface area contributed by atoms with E-state index in [4.69, 9.17) is 0 Å². The van der Waals surface area contributed by atoms with Crippen LogP contribution in [0, 0.1) is 5.92 Å². The third-order valence-electron chi connectivity index (χ3n) is 4.02. The second-order valence-electron chi connectivity index (χ2n) is 5.74. The zero-order valence-electron chi connectivity index (χ0n) is 12.9.